The molecule has 1 rings (SSSR count). The summed E-state index contributed by atoms with van der Waals surface area (Å²) in [5.74, 6) is -0.568. The molecule has 14 heavy (non-hydrogen) atoms. The molecule has 0 saturated heterocycles. The van der Waals surface area contributed by atoms with Crippen LogP contribution in [-0.4, -0.2) is 29.4 Å². The van der Waals surface area contributed by atoms with Crippen molar-refractivity contribution in [3.8, 4) is 5.75 Å². The first-order valence-corrected chi connectivity index (χ1v) is 3.94. The van der Waals surface area contributed by atoms with Gasteiger partial charge in [0.15, 0.2) is 0 Å². The quantitative estimate of drug-likeness (QED) is 0.547. The molecular formula is C8H10BFO4. The van der Waals surface area contributed by atoms with E-state index in [9.17, 15) is 4.39 Å². The Hall–Kier alpha value is -1.11. The van der Waals surface area contributed by atoms with E-state index in [1.54, 1.807) is 0 Å². The van der Waals surface area contributed by atoms with E-state index in [2.05, 4.69) is 0 Å². The lowest BCUT2D eigenvalue weighted by Gasteiger charge is -2.12. The van der Waals surface area contributed by atoms with Gasteiger partial charge in [-0.3, -0.25) is 0 Å². The molecule has 0 bridgehead atoms. The van der Waals surface area contributed by atoms with Crippen molar-refractivity contribution in [3.63, 3.8) is 0 Å². The largest absolute Gasteiger partial charge is 0.497 e. The average molecular weight is 200 g/mol. The van der Waals surface area contributed by atoms with E-state index < -0.39 is 19.5 Å². The lowest BCUT2D eigenvalue weighted by Crippen LogP contribution is -2.35. The van der Waals surface area contributed by atoms with Crippen LogP contribution >= 0.6 is 0 Å². The summed E-state index contributed by atoms with van der Waals surface area (Å²) >= 11 is 0. The van der Waals surface area contributed by atoms with E-state index in [4.69, 9.17) is 19.9 Å². The van der Waals surface area contributed by atoms with Gasteiger partial charge in [0.1, 0.15) is 11.6 Å². The SMILES string of the molecule is COc1ccc(F)c(CO)c1B(O)O. The highest BCUT2D eigenvalue weighted by Crippen LogP contribution is 2.14. The third-order valence-electron chi connectivity index (χ3n) is 1.90. The lowest BCUT2D eigenvalue weighted by atomic mass is 9.76. The maximum Gasteiger partial charge on any atom is 0.492 e. The summed E-state index contributed by atoms with van der Waals surface area (Å²) in [6.07, 6.45) is 0. The zero-order valence-electron chi connectivity index (χ0n) is 7.57. The number of benzene rings is 1. The standard InChI is InChI=1S/C8H10BFO4/c1-14-7-3-2-6(10)5(4-11)8(7)9(12)13/h2-3,11-13H,4H2,1H3. The number of hydrogen-bond donors (Lipinski definition) is 3. The number of methoxy groups -OCH3 is 1. The molecule has 6 heteroatoms. The molecule has 4 nitrogen and oxygen atoms in total. The second kappa shape index (κ2) is 4.41. The normalized spacial score (nSPS) is 10.1. The summed E-state index contributed by atoms with van der Waals surface area (Å²) in [6.45, 7) is -0.615. The van der Waals surface area contributed by atoms with Gasteiger partial charge in [-0.2, -0.15) is 0 Å². The van der Waals surface area contributed by atoms with Crippen LogP contribution in [0.25, 0.3) is 0 Å². The first-order chi connectivity index (χ1) is 6.61. The van der Waals surface area contributed by atoms with Crippen molar-refractivity contribution >= 4 is 12.6 Å². The molecule has 1 aromatic rings. The summed E-state index contributed by atoms with van der Waals surface area (Å²) in [7, 11) is -0.553. The smallest absolute Gasteiger partial charge is 0.492 e. The zero-order valence-corrected chi connectivity index (χ0v) is 7.57. The van der Waals surface area contributed by atoms with Gasteiger partial charge in [-0.05, 0) is 12.1 Å². The van der Waals surface area contributed by atoms with Gasteiger partial charge in [0.2, 0.25) is 0 Å². The molecule has 0 aliphatic heterocycles. The van der Waals surface area contributed by atoms with Crippen LogP contribution in [0.4, 0.5) is 4.39 Å². The van der Waals surface area contributed by atoms with Gasteiger partial charge in [-0.25, -0.2) is 4.39 Å². The average Bonchev–Trinajstić information content (AvgIpc) is 2.17. The molecule has 0 aliphatic carbocycles. The fraction of sp³-hybridized carbons (Fsp3) is 0.250. The van der Waals surface area contributed by atoms with E-state index in [-0.39, 0.29) is 16.8 Å². The Kier molecular flexibility index (Phi) is 3.46. The topological polar surface area (TPSA) is 69.9 Å². The summed E-state index contributed by atoms with van der Waals surface area (Å²) in [5.41, 5.74) is -0.311. The second-order valence-corrected chi connectivity index (χ2v) is 2.67. The summed E-state index contributed by atoms with van der Waals surface area (Å²) in [4.78, 5) is 0. The Balaban J connectivity index is 3.36. The highest BCUT2D eigenvalue weighted by atomic mass is 19.1. The Morgan fingerprint density at radius 3 is 2.50 bits per heavy atom. The molecule has 3 N–H and O–H groups in total. The lowest BCUT2D eigenvalue weighted by molar-refractivity contribution is 0.275. The number of ether oxygens (including phenoxy) is 1. The number of aliphatic hydroxyl groups excluding tert-OH is 1. The minimum atomic E-state index is -1.87. The Morgan fingerprint density at radius 2 is 2.07 bits per heavy atom. The van der Waals surface area contributed by atoms with Gasteiger partial charge in [0.25, 0.3) is 0 Å². The molecule has 0 amide bonds. The molecule has 0 fully saturated rings. The number of rotatable bonds is 3. The molecule has 0 heterocycles. The van der Waals surface area contributed by atoms with Crippen LogP contribution in [-0.2, 0) is 6.61 Å². The van der Waals surface area contributed by atoms with Crippen molar-refractivity contribution < 1.29 is 24.3 Å². The third kappa shape index (κ3) is 1.87. The van der Waals surface area contributed by atoms with Crippen molar-refractivity contribution in [2.24, 2.45) is 0 Å². The van der Waals surface area contributed by atoms with Crippen LogP contribution in [0.3, 0.4) is 0 Å². The number of halogens is 1. The minimum absolute atomic E-state index is 0.130. The van der Waals surface area contributed by atoms with Crippen LogP contribution in [0.2, 0.25) is 0 Å². The molecule has 0 radical (unpaired) electrons. The third-order valence-corrected chi connectivity index (χ3v) is 1.90. The van der Waals surface area contributed by atoms with Gasteiger partial charge in [-0.1, -0.05) is 0 Å². The molecule has 0 saturated carbocycles. The summed E-state index contributed by atoms with van der Waals surface area (Å²) < 4.78 is 17.9. The van der Waals surface area contributed by atoms with Crippen molar-refractivity contribution in [2.45, 2.75) is 6.61 Å². The molecule has 0 unspecified atom stereocenters. The van der Waals surface area contributed by atoms with Crippen molar-refractivity contribution in [1.29, 1.82) is 0 Å². The summed E-state index contributed by atoms with van der Waals surface area (Å²) in [6, 6.07) is 2.36. The fourth-order valence-electron chi connectivity index (χ4n) is 1.24. The Labute approximate surface area is 80.7 Å². The van der Waals surface area contributed by atoms with Crippen LogP contribution in [0.1, 0.15) is 5.56 Å². The Bertz CT molecular complexity index is 329. The maximum atomic E-state index is 13.1. The van der Waals surface area contributed by atoms with Crippen molar-refractivity contribution in [2.75, 3.05) is 7.11 Å². The van der Waals surface area contributed by atoms with Crippen LogP contribution in [0.15, 0.2) is 12.1 Å². The van der Waals surface area contributed by atoms with E-state index >= 15 is 0 Å². The van der Waals surface area contributed by atoms with Crippen molar-refractivity contribution in [3.05, 3.63) is 23.5 Å². The fourth-order valence-corrected chi connectivity index (χ4v) is 1.24. The maximum absolute atomic E-state index is 13.1. The second-order valence-electron chi connectivity index (χ2n) is 2.67. The van der Waals surface area contributed by atoms with Gasteiger partial charge < -0.3 is 19.9 Å². The molecule has 1 aromatic carbocycles. The van der Waals surface area contributed by atoms with Crippen molar-refractivity contribution in [1.82, 2.24) is 0 Å². The first-order valence-electron chi connectivity index (χ1n) is 3.94. The van der Waals surface area contributed by atoms with Crippen LogP contribution in [0.5, 0.6) is 5.75 Å². The molecule has 76 valence electrons. The van der Waals surface area contributed by atoms with Gasteiger partial charge in [0, 0.05) is 11.0 Å². The molecule has 0 atom stereocenters. The highest BCUT2D eigenvalue weighted by molar-refractivity contribution is 6.60. The molecule has 0 spiro atoms. The predicted molar refractivity (Wildman–Crippen MR) is 48.7 cm³/mol. The monoisotopic (exact) mass is 200 g/mol. The zero-order chi connectivity index (χ0) is 10.7. The minimum Gasteiger partial charge on any atom is -0.497 e. The predicted octanol–water partition coefficient (Wildman–Crippen LogP) is -0.994. The first kappa shape index (κ1) is 11.0. The van der Waals surface area contributed by atoms with Crippen LogP contribution in [0, 0.1) is 5.82 Å². The van der Waals surface area contributed by atoms with E-state index in [0.717, 1.165) is 6.07 Å². The van der Waals surface area contributed by atoms with E-state index in [0.29, 0.717) is 0 Å². The molecular weight excluding hydrogens is 190 g/mol. The molecule has 0 aliphatic rings. The van der Waals surface area contributed by atoms with E-state index in [1.165, 1.54) is 13.2 Å². The van der Waals surface area contributed by atoms with Crippen LogP contribution < -0.4 is 10.2 Å². The Morgan fingerprint density at radius 1 is 1.43 bits per heavy atom. The molecule has 0 aromatic heterocycles. The van der Waals surface area contributed by atoms with Gasteiger partial charge in [-0.15, -0.1) is 0 Å². The highest BCUT2D eigenvalue weighted by Gasteiger charge is 2.23. The van der Waals surface area contributed by atoms with Gasteiger partial charge >= 0.3 is 7.12 Å². The summed E-state index contributed by atoms with van der Waals surface area (Å²) in [5, 5.41) is 26.8. The number of hydrogen-bond acceptors (Lipinski definition) is 4. The van der Waals surface area contributed by atoms with Gasteiger partial charge in [0.05, 0.1) is 13.7 Å². The van der Waals surface area contributed by atoms with E-state index in [1.807, 2.05) is 0 Å². The number of aliphatic hydroxyl groups is 1.